The van der Waals surface area contributed by atoms with E-state index in [1.165, 1.54) is 19.3 Å². The summed E-state index contributed by atoms with van der Waals surface area (Å²) in [6, 6.07) is 0.344. The third kappa shape index (κ3) is 3.92. The average Bonchev–Trinajstić information content (AvgIpc) is 2.48. The molecular formula is C12H21N5O2. The van der Waals surface area contributed by atoms with Gasteiger partial charge < -0.3 is 19.7 Å². The van der Waals surface area contributed by atoms with Crippen LogP contribution in [-0.4, -0.2) is 55.4 Å². The molecule has 0 atom stereocenters. The Morgan fingerprint density at radius 1 is 1.11 bits per heavy atom. The third-order valence-electron chi connectivity index (χ3n) is 2.98. The molecule has 0 aromatic carbocycles. The molecule has 0 saturated carbocycles. The highest BCUT2D eigenvalue weighted by molar-refractivity contribution is 5.38. The van der Waals surface area contributed by atoms with E-state index in [1.54, 1.807) is 14.2 Å². The van der Waals surface area contributed by atoms with Crippen LogP contribution >= 0.6 is 0 Å². The van der Waals surface area contributed by atoms with Crippen molar-refractivity contribution in [3.8, 4) is 6.01 Å². The summed E-state index contributed by atoms with van der Waals surface area (Å²) in [4.78, 5) is 15.1. The molecule has 7 heteroatoms. The molecule has 1 aromatic rings. The molecule has 1 fully saturated rings. The lowest BCUT2D eigenvalue weighted by Crippen LogP contribution is -2.31. The second-order valence-corrected chi connectivity index (χ2v) is 4.38. The number of anilines is 2. The first-order chi connectivity index (χ1) is 9.33. The van der Waals surface area contributed by atoms with Crippen LogP contribution in [-0.2, 0) is 4.74 Å². The minimum Gasteiger partial charge on any atom is -0.461 e. The Kier molecular flexibility index (Phi) is 5.14. The van der Waals surface area contributed by atoms with Gasteiger partial charge in [0.15, 0.2) is 0 Å². The normalized spacial score (nSPS) is 15.4. The zero-order chi connectivity index (χ0) is 13.5. The van der Waals surface area contributed by atoms with Crippen molar-refractivity contribution in [2.75, 3.05) is 50.7 Å². The summed E-state index contributed by atoms with van der Waals surface area (Å²) >= 11 is 0. The monoisotopic (exact) mass is 267 g/mol. The zero-order valence-corrected chi connectivity index (χ0v) is 11.6. The first-order valence-electron chi connectivity index (χ1n) is 6.64. The smallest absolute Gasteiger partial charge is 0.323 e. The van der Waals surface area contributed by atoms with Crippen LogP contribution in [0.5, 0.6) is 6.01 Å². The lowest BCUT2D eigenvalue weighted by Gasteiger charge is -2.26. The van der Waals surface area contributed by atoms with E-state index in [0.29, 0.717) is 31.1 Å². The van der Waals surface area contributed by atoms with E-state index in [9.17, 15) is 0 Å². The molecule has 0 amide bonds. The van der Waals surface area contributed by atoms with Crippen molar-refractivity contribution < 1.29 is 9.47 Å². The van der Waals surface area contributed by atoms with Gasteiger partial charge in [-0.05, 0) is 19.3 Å². The van der Waals surface area contributed by atoms with Gasteiger partial charge in [0.25, 0.3) is 0 Å². The van der Waals surface area contributed by atoms with Crippen molar-refractivity contribution >= 4 is 11.9 Å². The van der Waals surface area contributed by atoms with Gasteiger partial charge >= 0.3 is 6.01 Å². The highest BCUT2D eigenvalue weighted by Crippen LogP contribution is 2.19. The van der Waals surface area contributed by atoms with Crippen LogP contribution in [0.2, 0.25) is 0 Å². The fourth-order valence-corrected chi connectivity index (χ4v) is 1.97. The summed E-state index contributed by atoms with van der Waals surface area (Å²) in [5, 5.41) is 2.94. The molecular weight excluding hydrogens is 246 g/mol. The number of hydrogen-bond donors (Lipinski definition) is 1. The maximum Gasteiger partial charge on any atom is 0.323 e. The predicted octanol–water partition coefficient (Wildman–Crippen LogP) is 0.929. The second-order valence-electron chi connectivity index (χ2n) is 4.38. The fourth-order valence-electron chi connectivity index (χ4n) is 1.97. The molecule has 0 spiro atoms. The molecule has 1 aliphatic rings. The van der Waals surface area contributed by atoms with Crippen molar-refractivity contribution in [3.63, 3.8) is 0 Å². The van der Waals surface area contributed by atoms with E-state index >= 15 is 0 Å². The van der Waals surface area contributed by atoms with E-state index in [-0.39, 0.29) is 0 Å². The van der Waals surface area contributed by atoms with Crippen molar-refractivity contribution in [1.82, 2.24) is 15.0 Å². The highest BCUT2D eigenvalue weighted by Gasteiger charge is 2.16. The number of aromatic nitrogens is 3. The Bertz CT molecular complexity index is 396. The Morgan fingerprint density at radius 2 is 1.89 bits per heavy atom. The molecule has 0 bridgehead atoms. The van der Waals surface area contributed by atoms with E-state index in [1.807, 2.05) is 0 Å². The second kappa shape index (κ2) is 7.08. The predicted molar refractivity (Wildman–Crippen MR) is 72.8 cm³/mol. The molecule has 1 aliphatic heterocycles. The van der Waals surface area contributed by atoms with E-state index in [4.69, 9.17) is 9.47 Å². The molecule has 2 heterocycles. The SMILES string of the molecule is CNc1nc(OCCOC)nc(N2CCCCC2)n1. The topological polar surface area (TPSA) is 72.4 Å². The zero-order valence-electron chi connectivity index (χ0n) is 11.6. The van der Waals surface area contributed by atoms with Gasteiger partial charge in [-0.2, -0.15) is 15.0 Å². The summed E-state index contributed by atoms with van der Waals surface area (Å²) in [7, 11) is 3.42. The Morgan fingerprint density at radius 3 is 2.58 bits per heavy atom. The number of methoxy groups -OCH3 is 1. The molecule has 2 rings (SSSR count). The van der Waals surface area contributed by atoms with Crippen molar-refractivity contribution in [3.05, 3.63) is 0 Å². The highest BCUT2D eigenvalue weighted by atomic mass is 16.5. The van der Waals surface area contributed by atoms with Crippen molar-refractivity contribution in [2.24, 2.45) is 0 Å². The van der Waals surface area contributed by atoms with Gasteiger partial charge in [-0.3, -0.25) is 0 Å². The van der Waals surface area contributed by atoms with Gasteiger partial charge in [-0.1, -0.05) is 0 Å². The molecule has 1 N–H and O–H groups in total. The number of nitrogens with one attached hydrogen (secondary N) is 1. The van der Waals surface area contributed by atoms with Crippen LogP contribution in [0.4, 0.5) is 11.9 Å². The maximum absolute atomic E-state index is 5.47. The quantitative estimate of drug-likeness (QED) is 0.769. The fraction of sp³-hybridized carbons (Fsp3) is 0.750. The summed E-state index contributed by atoms with van der Waals surface area (Å²) in [6.07, 6.45) is 3.64. The van der Waals surface area contributed by atoms with Gasteiger partial charge in [-0.15, -0.1) is 0 Å². The van der Waals surface area contributed by atoms with E-state index < -0.39 is 0 Å². The van der Waals surface area contributed by atoms with Crippen LogP contribution in [0.25, 0.3) is 0 Å². The lowest BCUT2D eigenvalue weighted by atomic mass is 10.1. The van der Waals surface area contributed by atoms with Crippen molar-refractivity contribution in [1.29, 1.82) is 0 Å². The minimum atomic E-state index is 0.344. The number of rotatable bonds is 6. The summed E-state index contributed by atoms with van der Waals surface area (Å²) in [5.74, 6) is 1.22. The van der Waals surface area contributed by atoms with Crippen LogP contribution < -0.4 is 15.0 Å². The molecule has 0 unspecified atom stereocenters. The Labute approximate surface area is 113 Å². The van der Waals surface area contributed by atoms with E-state index in [0.717, 1.165) is 13.1 Å². The number of ether oxygens (including phenoxy) is 2. The first kappa shape index (κ1) is 13.8. The molecule has 106 valence electrons. The van der Waals surface area contributed by atoms with Gasteiger partial charge in [0.05, 0.1) is 6.61 Å². The van der Waals surface area contributed by atoms with Crippen LogP contribution in [0.1, 0.15) is 19.3 Å². The molecule has 1 aromatic heterocycles. The number of piperidine rings is 1. The van der Waals surface area contributed by atoms with Crippen molar-refractivity contribution in [2.45, 2.75) is 19.3 Å². The summed E-state index contributed by atoms with van der Waals surface area (Å²) in [5.41, 5.74) is 0. The van der Waals surface area contributed by atoms with Gasteiger partial charge in [0.2, 0.25) is 11.9 Å². The molecule has 0 aliphatic carbocycles. The molecule has 7 nitrogen and oxygen atoms in total. The molecule has 1 saturated heterocycles. The van der Waals surface area contributed by atoms with Gasteiger partial charge in [0, 0.05) is 27.2 Å². The van der Waals surface area contributed by atoms with Crippen LogP contribution in [0, 0.1) is 0 Å². The van der Waals surface area contributed by atoms with Crippen LogP contribution in [0.15, 0.2) is 0 Å². The van der Waals surface area contributed by atoms with Crippen LogP contribution in [0.3, 0.4) is 0 Å². The van der Waals surface area contributed by atoms with Gasteiger partial charge in [0.1, 0.15) is 6.61 Å². The molecule has 19 heavy (non-hydrogen) atoms. The third-order valence-corrected chi connectivity index (χ3v) is 2.98. The Balaban J connectivity index is 2.10. The standard InChI is InChI=1S/C12H21N5O2/c1-13-10-14-11(17-6-4-3-5-7-17)16-12(15-10)19-9-8-18-2/h3-9H2,1-2H3,(H,13,14,15,16). The number of nitrogens with zero attached hydrogens (tertiary/aromatic N) is 4. The first-order valence-corrected chi connectivity index (χ1v) is 6.64. The summed E-state index contributed by atoms with van der Waals surface area (Å²) < 4.78 is 10.4. The Hall–Kier alpha value is -1.63. The lowest BCUT2D eigenvalue weighted by molar-refractivity contribution is 0.141. The largest absolute Gasteiger partial charge is 0.461 e. The number of hydrogen-bond acceptors (Lipinski definition) is 7. The minimum absolute atomic E-state index is 0.344. The molecule has 0 radical (unpaired) electrons. The van der Waals surface area contributed by atoms with Gasteiger partial charge in [-0.25, -0.2) is 0 Å². The van der Waals surface area contributed by atoms with E-state index in [2.05, 4.69) is 25.2 Å². The summed E-state index contributed by atoms with van der Waals surface area (Å²) in [6.45, 7) is 2.93. The maximum atomic E-state index is 5.47. The average molecular weight is 267 g/mol.